The molecule has 4 rings (SSSR count). The Morgan fingerprint density at radius 1 is 0.828 bits per heavy atom. The Morgan fingerprint density at radius 3 is 2.03 bits per heavy atom. The van der Waals surface area contributed by atoms with Crippen LogP contribution in [-0.4, -0.2) is 29.2 Å². The summed E-state index contributed by atoms with van der Waals surface area (Å²) in [4.78, 5) is 38.1. The topological polar surface area (TPSA) is 63.7 Å². The molecule has 1 aliphatic heterocycles. The molecule has 3 aromatic rings. The van der Waals surface area contributed by atoms with E-state index in [1.54, 1.807) is 54.6 Å². The molecule has 0 radical (unpaired) electrons. The Morgan fingerprint density at radius 2 is 1.41 bits per heavy atom. The Hall–Kier alpha value is -3.80. The summed E-state index contributed by atoms with van der Waals surface area (Å²) in [6.45, 7) is 0.251. The number of rotatable bonds is 5. The number of hydrogen-bond acceptors (Lipinski definition) is 4. The van der Waals surface area contributed by atoms with Gasteiger partial charge in [0, 0.05) is 6.54 Å². The van der Waals surface area contributed by atoms with Crippen molar-refractivity contribution in [1.82, 2.24) is 4.90 Å². The van der Waals surface area contributed by atoms with Crippen LogP contribution in [0.1, 0.15) is 36.6 Å². The summed E-state index contributed by atoms with van der Waals surface area (Å²) in [6, 6.07) is 19.0. The highest BCUT2D eigenvalue weighted by Gasteiger charge is 2.34. The minimum absolute atomic E-state index is 0.137. The van der Waals surface area contributed by atoms with Crippen molar-refractivity contribution in [2.75, 3.05) is 6.54 Å². The van der Waals surface area contributed by atoms with Crippen LogP contribution in [0.15, 0.2) is 72.8 Å². The number of amides is 2. The van der Waals surface area contributed by atoms with Crippen molar-refractivity contribution in [2.24, 2.45) is 0 Å². The van der Waals surface area contributed by atoms with Crippen LogP contribution in [0, 0.1) is 5.82 Å². The van der Waals surface area contributed by atoms with Crippen LogP contribution in [0.2, 0.25) is 0 Å². The van der Waals surface area contributed by atoms with Crippen LogP contribution in [0.5, 0.6) is 5.75 Å². The summed E-state index contributed by atoms with van der Waals surface area (Å²) in [5.41, 5.74) is 1.58. The number of halogens is 1. The molecule has 1 heterocycles. The molecule has 0 fully saturated rings. The maximum atomic E-state index is 13.7. The molecule has 2 amide bonds. The third kappa shape index (κ3) is 3.65. The van der Waals surface area contributed by atoms with Crippen molar-refractivity contribution < 1.29 is 23.5 Å². The summed E-state index contributed by atoms with van der Waals surface area (Å²) < 4.78 is 18.8. The molecule has 0 aromatic heterocycles. The van der Waals surface area contributed by atoms with E-state index in [1.165, 1.54) is 23.1 Å². The predicted molar refractivity (Wildman–Crippen MR) is 103 cm³/mol. The van der Waals surface area contributed by atoms with E-state index < -0.39 is 11.8 Å². The predicted octanol–water partition coefficient (Wildman–Crippen LogP) is 3.88. The lowest BCUT2D eigenvalue weighted by Crippen LogP contribution is -2.31. The molecule has 0 unspecified atom stereocenters. The third-order valence-electron chi connectivity index (χ3n) is 4.73. The van der Waals surface area contributed by atoms with Crippen molar-refractivity contribution in [3.8, 4) is 5.75 Å². The Balaban J connectivity index is 1.38. The molecule has 0 saturated heterocycles. The van der Waals surface area contributed by atoms with Gasteiger partial charge in [-0.1, -0.05) is 36.4 Å². The third-order valence-corrected chi connectivity index (χ3v) is 4.73. The zero-order chi connectivity index (χ0) is 20.4. The zero-order valence-electron chi connectivity index (χ0n) is 15.3. The molecule has 0 spiro atoms. The van der Waals surface area contributed by atoms with Gasteiger partial charge in [-0.25, -0.2) is 9.18 Å². The van der Waals surface area contributed by atoms with Gasteiger partial charge >= 0.3 is 5.97 Å². The minimum Gasteiger partial charge on any atom is -0.423 e. The number of esters is 1. The second-order valence-corrected chi connectivity index (χ2v) is 6.57. The van der Waals surface area contributed by atoms with E-state index in [4.69, 9.17) is 4.74 Å². The van der Waals surface area contributed by atoms with Crippen molar-refractivity contribution in [2.45, 2.75) is 6.42 Å². The first-order chi connectivity index (χ1) is 14.0. The summed E-state index contributed by atoms with van der Waals surface area (Å²) in [7, 11) is 0. The number of fused-ring (bicyclic) bond motifs is 1. The highest BCUT2D eigenvalue weighted by Crippen LogP contribution is 2.23. The van der Waals surface area contributed by atoms with Crippen LogP contribution >= 0.6 is 0 Å². The first-order valence-electron chi connectivity index (χ1n) is 9.05. The maximum absolute atomic E-state index is 13.7. The van der Waals surface area contributed by atoms with Gasteiger partial charge in [0.15, 0.2) is 0 Å². The molecule has 3 aromatic carbocycles. The van der Waals surface area contributed by atoms with Crippen LogP contribution in [0.25, 0.3) is 0 Å². The number of carbonyl (C=O) groups excluding carboxylic acids is 3. The van der Waals surface area contributed by atoms with Gasteiger partial charge in [0.1, 0.15) is 11.6 Å². The average molecular weight is 389 g/mol. The number of imide groups is 1. The van der Waals surface area contributed by atoms with Crippen LogP contribution in [0.3, 0.4) is 0 Å². The number of ether oxygens (including phenoxy) is 1. The van der Waals surface area contributed by atoms with Crippen LogP contribution in [0.4, 0.5) is 4.39 Å². The second kappa shape index (κ2) is 7.67. The van der Waals surface area contributed by atoms with Gasteiger partial charge in [0.05, 0.1) is 16.7 Å². The molecule has 0 bridgehead atoms. The normalized spacial score (nSPS) is 12.8. The summed E-state index contributed by atoms with van der Waals surface area (Å²) in [5, 5.41) is 0. The number of carbonyl (C=O) groups is 3. The van der Waals surface area contributed by atoms with Crippen LogP contribution in [-0.2, 0) is 6.42 Å². The zero-order valence-corrected chi connectivity index (χ0v) is 15.3. The monoisotopic (exact) mass is 389 g/mol. The molecular weight excluding hydrogens is 373 g/mol. The van der Waals surface area contributed by atoms with Gasteiger partial charge in [0.2, 0.25) is 0 Å². The summed E-state index contributed by atoms with van der Waals surface area (Å²) in [6.07, 6.45) is 0.465. The summed E-state index contributed by atoms with van der Waals surface area (Å²) in [5.74, 6) is -1.72. The highest BCUT2D eigenvalue weighted by molar-refractivity contribution is 6.21. The molecular formula is C23H16FNO4. The first-order valence-corrected chi connectivity index (χ1v) is 9.05. The quantitative estimate of drug-likeness (QED) is 0.377. The number of nitrogens with zero attached hydrogens (tertiary/aromatic N) is 1. The number of hydrogen-bond donors (Lipinski definition) is 0. The molecule has 0 N–H and O–H groups in total. The molecule has 0 saturated carbocycles. The second-order valence-electron chi connectivity index (χ2n) is 6.57. The molecule has 0 aliphatic carbocycles. The van der Waals surface area contributed by atoms with Gasteiger partial charge in [-0.3, -0.25) is 14.5 Å². The van der Waals surface area contributed by atoms with Gasteiger partial charge in [-0.2, -0.15) is 0 Å². The van der Waals surface area contributed by atoms with Gasteiger partial charge in [-0.05, 0) is 48.4 Å². The maximum Gasteiger partial charge on any atom is 0.346 e. The average Bonchev–Trinajstić information content (AvgIpc) is 2.98. The van der Waals surface area contributed by atoms with Crippen molar-refractivity contribution in [3.05, 3.63) is 101 Å². The lowest BCUT2D eigenvalue weighted by atomic mass is 10.1. The SMILES string of the molecule is O=C(Oc1ccc(CCN2C(=O)c3ccccc3C2=O)cc1)c1ccccc1F. The molecule has 1 aliphatic rings. The minimum atomic E-state index is -0.776. The Bertz CT molecular complexity index is 1070. The van der Waals surface area contributed by atoms with Gasteiger partial charge < -0.3 is 4.74 Å². The van der Waals surface area contributed by atoms with Gasteiger partial charge in [0.25, 0.3) is 11.8 Å². The van der Waals surface area contributed by atoms with Crippen molar-refractivity contribution in [3.63, 3.8) is 0 Å². The Labute approximate surface area is 166 Å². The molecule has 144 valence electrons. The fourth-order valence-electron chi connectivity index (χ4n) is 3.20. The first kappa shape index (κ1) is 18.6. The van der Waals surface area contributed by atoms with Crippen LogP contribution < -0.4 is 4.74 Å². The molecule has 29 heavy (non-hydrogen) atoms. The lowest BCUT2D eigenvalue weighted by molar-refractivity contribution is 0.0653. The fourth-order valence-corrected chi connectivity index (χ4v) is 3.20. The largest absolute Gasteiger partial charge is 0.423 e. The molecule has 5 nitrogen and oxygen atoms in total. The number of benzene rings is 3. The van der Waals surface area contributed by atoms with E-state index >= 15 is 0 Å². The molecule has 6 heteroatoms. The smallest absolute Gasteiger partial charge is 0.346 e. The fraction of sp³-hybridized carbons (Fsp3) is 0.0870. The highest BCUT2D eigenvalue weighted by atomic mass is 19.1. The summed E-state index contributed by atoms with van der Waals surface area (Å²) >= 11 is 0. The van der Waals surface area contributed by atoms with E-state index in [1.807, 2.05) is 0 Å². The van der Waals surface area contributed by atoms with E-state index in [2.05, 4.69) is 0 Å². The van der Waals surface area contributed by atoms with Gasteiger partial charge in [-0.15, -0.1) is 0 Å². The van der Waals surface area contributed by atoms with Crippen molar-refractivity contribution in [1.29, 1.82) is 0 Å². The lowest BCUT2D eigenvalue weighted by Gasteiger charge is -2.13. The van der Waals surface area contributed by atoms with E-state index in [0.717, 1.165) is 5.56 Å². The standard InChI is InChI=1S/C23H16FNO4/c24-20-8-4-3-7-19(20)23(28)29-16-11-9-15(10-12-16)13-14-25-21(26)17-5-1-2-6-18(17)22(25)27/h1-12H,13-14H2. The van der Waals surface area contributed by atoms with E-state index in [9.17, 15) is 18.8 Å². The Kier molecular flexibility index (Phi) is 4.91. The van der Waals surface area contributed by atoms with Crippen molar-refractivity contribution >= 4 is 17.8 Å². The van der Waals surface area contributed by atoms with E-state index in [-0.39, 0.29) is 29.7 Å². The van der Waals surface area contributed by atoms with E-state index in [0.29, 0.717) is 17.5 Å². The molecule has 0 atom stereocenters.